The van der Waals surface area contributed by atoms with Crippen molar-refractivity contribution in [2.24, 2.45) is 0 Å². The van der Waals surface area contributed by atoms with Crippen LogP contribution in [-0.4, -0.2) is 26.8 Å². The lowest BCUT2D eigenvalue weighted by atomic mass is 10.00. The molecule has 0 saturated heterocycles. The van der Waals surface area contributed by atoms with Crippen molar-refractivity contribution in [3.05, 3.63) is 24.3 Å². The molecule has 1 aromatic heterocycles. The van der Waals surface area contributed by atoms with Gasteiger partial charge < -0.3 is 4.98 Å². The van der Waals surface area contributed by atoms with Crippen LogP contribution in [0.5, 0.6) is 0 Å². The molecule has 2 aliphatic carbocycles. The Labute approximate surface area is 128 Å². The van der Waals surface area contributed by atoms with Crippen molar-refractivity contribution in [1.29, 1.82) is 5.26 Å². The maximum atomic E-state index is 9.55. The molecule has 5 heteroatoms. The van der Waals surface area contributed by atoms with Crippen LogP contribution in [0.1, 0.15) is 32.1 Å². The number of nitrogens with zero attached hydrogens (tertiary/aromatic N) is 2. The highest BCUT2D eigenvalue weighted by Gasteiger charge is 2.43. The van der Waals surface area contributed by atoms with Crippen LogP contribution in [0.25, 0.3) is 11.0 Å². The first-order valence-electron chi connectivity index (χ1n) is 7.57. The zero-order chi connectivity index (χ0) is 14.3. The summed E-state index contributed by atoms with van der Waals surface area (Å²) in [4.78, 5) is 8.00. The van der Waals surface area contributed by atoms with Gasteiger partial charge in [-0.25, -0.2) is 4.98 Å². The fourth-order valence-corrected chi connectivity index (χ4v) is 4.37. The first kappa shape index (κ1) is 13.2. The van der Waals surface area contributed by atoms with Gasteiger partial charge in [-0.3, -0.25) is 5.32 Å². The number of aromatic amines is 1. The van der Waals surface area contributed by atoms with Crippen molar-refractivity contribution in [3.63, 3.8) is 0 Å². The predicted molar refractivity (Wildman–Crippen MR) is 84.1 cm³/mol. The van der Waals surface area contributed by atoms with Crippen molar-refractivity contribution in [1.82, 2.24) is 15.3 Å². The van der Waals surface area contributed by atoms with E-state index in [9.17, 15) is 5.26 Å². The van der Waals surface area contributed by atoms with Gasteiger partial charge in [-0.05, 0) is 44.2 Å². The van der Waals surface area contributed by atoms with E-state index in [0.717, 1.165) is 35.5 Å². The number of fused-ring (bicyclic) bond motifs is 1. The third-order valence-electron chi connectivity index (χ3n) is 4.39. The molecule has 21 heavy (non-hydrogen) atoms. The van der Waals surface area contributed by atoms with E-state index in [0.29, 0.717) is 11.3 Å². The molecule has 0 bridgehead atoms. The number of nitriles is 1. The van der Waals surface area contributed by atoms with Crippen LogP contribution >= 0.6 is 11.8 Å². The molecular formula is C16H18N4S. The van der Waals surface area contributed by atoms with E-state index < -0.39 is 0 Å². The van der Waals surface area contributed by atoms with E-state index in [1.807, 2.05) is 18.2 Å². The van der Waals surface area contributed by atoms with Crippen molar-refractivity contribution >= 4 is 22.8 Å². The molecule has 4 rings (SSSR count). The summed E-state index contributed by atoms with van der Waals surface area (Å²) in [7, 11) is 0. The SMILES string of the molecule is N#CC1(NC2CC2)CCC(Sc2nc3ccccc3[nH]2)C1. The number of hydrogen-bond donors (Lipinski definition) is 2. The van der Waals surface area contributed by atoms with Gasteiger partial charge in [0.1, 0.15) is 5.54 Å². The number of nitrogens with one attached hydrogen (secondary N) is 2. The van der Waals surface area contributed by atoms with Gasteiger partial charge in [-0.15, -0.1) is 0 Å². The second kappa shape index (κ2) is 5.04. The van der Waals surface area contributed by atoms with E-state index in [1.54, 1.807) is 11.8 Å². The van der Waals surface area contributed by atoms with Crippen molar-refractivity contribution in [3.8, 4) is 6.07 Å². The summed E-state index contributed by atoms with van der Waals surface area (Å²) in [6.45, 7) is 0. The largest absolute Gasteiger partial charge is 0.333 e. The maximum absolute atomic E-state index is 9.55. The van der Waals surface area contributed by atoms with Crippen LogP contribution in [-0.2, 0) is 0 Å². The van der Waals surface area contributed by atoms with E-state index in [-0.39, 0.29) is 5.54 Å². The van der Waals surface area contributed by atoms with Gasteiger partial charge in [-0.1, -0.05) is 23.9 Å². The molecule has 108 valence electrons. The Morgan fingerprint density at radius 3 is 2.95 bits per heavy atom. The minimum absolute atomic E-state index is 0.301. The van der Waals surface area contributed by atoms with Crippen molar-refractivity contribution < 1.29 is 0 Å². The minimum atomic E-state index is -0.301. The van der Waals surface area contributed by atoms with E-state index in [2.05, 4.69) is 27.4 Å². The molecule has 2 unspecified atom stereocenters. The third kappa shape index (κ3) is 2.66. The molecule has 1 aromatic carbocycles. The molecule has 0 spiro atoms. The lowest BCUT2D eigenvalue weighted by molar-refractivity contribution is 0.420. The van der Waals surface area contributed by atoms with Gasteiger partial charge in [0.05, 0.1) is 17.1 Å². The van der Waals surface area contributed by atoms with Gasteiger partial charge in [-0.2, -0.15) is 5.26 Å². The molecule has 1 heterocycles. The van der Waals surface area contributed by atoms with Crippen molar-refractivity contribution in [2.75, 3.05) is 0 Å². The quantitative estimate of drug-likeness (QED) is 0.909. The lowest BCUT2D eigenvalue weighted by Gasteiger charge is -2.22. The molecule has 2 aliphatic rings. The summed E-state index contributed by atoms with van der Waals surface area (Å²) >= 11 is 1.78. The van der Waals surface area contributed by atoms with Crippen LogP contribution in [0, 0.1) is 11.3 Å². The third-order valence-corrected chi connectivity index (χ3v) is 5.54. The van der Waals surface area contributed by atoms with Gasteiger partial charge >= 0.3 is 0 Å². The Morgan fingerprint density at radius 2 is 2.19 bits per heavy atom. The molecule has 0 aliphatic heterocycles. The molecule has 2 saturated carbocycles. The van der Waals surface area contributed by atoms with Crippen LogP contribution in [0.4, 0.5) is 0 Å². The summed E-state index contributed by atoms with van der Waals surface area (Å²) in [5.41, 5.74) is 1.80. The fraction of sp³-hybridized carbons (Fsp3) is 0.500. The maximum Gasteiger partial charge on any atom is 0.166 e. The number of imidazole rings is 1. The number of rotatable bonds is 4. The van der Waals surface area contributed by atoms with Crippen LogP contribution in [0.3, 0.4) is 0 Å². The Bertz CT molecular complexity index is 667. The van der Waals surface area contributed by atoms with E-state index >= 15 is 0 Å². The molecule has 0 amide bonds. The second-order valence-corrected chi connectivity index (χ2v) is 7.44. The minimum Gasteiger partial charge on any atom is -0.333 e. The highest BCUT2D eigenvalue weighted by Crippen LogP contribution is 2.41. The Kier molecular flexibility index (Phi) is 3.16. The summed E-state index contributed by atoms with van der Waals surface area (Å²) in [5, 5.41) is 14.5. The topological polar surface area (TPSA) is 64.5 Å². The lowest BCUT2D eigenvalue weighted by Crippen LogP contribution is -2.43. The van der Waals surface area contributed by atoms with Crippen LogP contribution in [0.15, 0.2) is 29.4 Å². The number of para-hydroxylation sites is 2. The Balaban J connectivity index is 1.46. The highest BCUT2D eigenvalue weighted by atomic mass is 32.2. The number of hydrogen-bond acceptors (Lipinski definition) is 4. The summed E-state index contributed by atoms with van der Waals surface area (Å²) in [6, 6.07) is 11.2. The second-order valence-electron chi connectivity index (χ2n) is 6.15. The fourth-order valence-electron chi connectivity index (χ4n) is 3.13. The molecule has 2 N–H and O–H groups in total. The molecule has 0 radical (unpaired) electrons. The standard InChI is InChI=1S/C16H18N4S/c17-10-16(20-11-5-6-11)8-7-12(9-16)21-15-18-13-3-1-2-4-14(13)19-15/h1-4,11-12,20H,5-9H2,(H,18,19). The number of H-pyrrole nitrogens is 1. The van der Waals surface area contributed by atoms with Gasteiger partial charge in [0.15, 0.2) is 5.16 Å². The van der Waals surface area contributed by atoms with Crippen LogP contribution in [0.2, 0.25) is 0 Å². The Morgan fingerprint density at radius 1 is 1.33 bits per heavy atom. The van der Waals surface area contributed by atoms with Crippen LogP contribution < -0.4 is 5.32 Å². The average Bonchev–Trinajstić information content (AvgIpc) is 3.07. The summed E-state index contributed by atoms with van der Waals surface area (Å²) < 4.78 is 0. The molecule has 2 atom stereocenters. The molecular weight excluding hydrogens is 280 g/mol. The van der Waals surface area contributed by atoms with Gasteiger partial charge in [0.25, 0.3) is 0 Å². The smallest absolute Gasteiger partial charge is 0.166 e. The zero-order valence-corrected chi connectivity index (χ0v) is 12.6. The first-order chi connectivity index (χ1) is 10.3. The van der Waals surface area contributed by atoms with E-state index in [4.69, 9.17) is 0 Å². The normalized spacial score (nSPS) is 28.8. The van der Waals surface area contributed by atoms with Crippen molar-refractivity contribution in [2.45, 2.75) is 54.1 Å². The number of thioether (sulfide) groups is 1. The molecule has 2 fully saturated rings. The molecule has 4 nitrogen and oxygen atoms in total. The first-order valence-corrected chi connectivity index (χ1v) is 8.45. The highest BCUT2D eigenvalue weighted by molar-refractivity contribution is 7.99. The zero-order valence-electron chi connectivity index (χ0n) is 11.8. The Hall–Kier alpha value is -1.51. The predicted octanol–water partition coefficient (Wildman–Crippen LogP) is 3.22. The summed E-state index contributed by atoms with van der Waals surface area (Å²) in [5.74, 6) is 0. The number of aromatic nitrogens is 2. The average molecular weight is 298 g/mol. The molecule has 2 aromatic rings. The monoisotopic (exact) mass is 298 g/mol. The van der Waals surface area contributed by atoms with Gasteiger partial charge in [0, 0.05) is 11.3 Å². The van der Waals surface area contributed by atoms with E-state index in [1.165, 1.54) is 12.8 Å². The van der Waals surface area contributed by atoms with Gasteiger partial charge in [0.2, 0.25) is 0 Å². The summed E-state index contributed by atoms with van der Waals surface area (Å²) in [6.07, 6.45) is 5.41. The number of benzene rings is 1.